The van der Waals surface area contributed by atoms with Crippen LogP contribution in [-0.4, -0.2) is 9.85 Å². The third kappa shape index (κ3) is 3.06. The molecule has 0 aromatic heterocycles. The fourth-order valence-electron chi connectivity index (χ4n) is 0.946. The van der Waals surface area contributed by atoms with E-state index in [1.165, 1.54) is 24.3 Å². The van der Waals surface area contributed by atoms with Crippen LogP contribution in [0.1, 0.15) is 13.2 Å². The quantitative estimate of drug-likeness (QED) is 0.257. The first-order valence-electron chi connectivity index (χ1n) is 3.45. The van der Waals surface area contributed by atoms with E-state index in [4.69, 9.17) is 0 Å². The molecule has 0 fully saturated rings. The van der Waals surface area contributed by atoms with Crippen LogP contribution in [0.15, 0.2) is 30.3 Å². The molecule has 0 N–H and O–H groups in total. The Hall–Kier alpha value is -0.980. The largest absolute Gasteiger partial charge is 1.00 e. The van der Waals surface area contributed by atoms with Gasteiger partial charge in [0.1, 0.15) is 15.4 Å². The summed E-state index contributed by atoms with van der Waals surface area (Å²) in [6.07, 6.45) is -1.86. The van der Waals surface area contributed by atoms with Gasteiger partial charge in [0.05, 0.1) is 0 Å². The summed E-state index contributed by atoms with van der Waals surface area (Å²) in [4.78, 5) is 18.8. The normalized spacial score (nSPS) is 9.21. The third-order valence-corrected chi connectivity index (χ3v) is 1.50. The maximum atomic E-state index is 10.3. The topological polar surface area (TPSA) is 86.3 Å². The molecule has 7 heteroatoms. The Kier molecular flexibility index (Phi) is 5.29. The minimum atomic E-state index is -1.86. The molecule has 1 rings (SSSR count). The molecule has 0 spiro atoms. The predicted octanol–water partition coefficient (Wildman–Crippen LogP) is -1.64. The standard InChI is InChI=1S/C7H6N2O4.Na.H/c10-8(11)7(9(12)13)6-4-2-1-3-5-6;;/h1-5,7H;;/q;+1;-1. The molecule has 14 heavy (non-hydrogen) atoms. The van der Waals surface area contributed by atoms with Gasteiger partial charge in [0.15, 0.2) is 0 Å². The molecule has 0 atom stereocenters. The number of benzene rings is 1. The van der Waals surface area contributed by atoms with E-state index < -0.39 is 16.0 Å². The van der Waals surface area contributed by atoms with Crippen molar-refractivity contribution in [2.75, 3.05) is 0 Å². The average Bonchev–Trinajstić information content (AvgIpc) is 2.04. The van der Waals surface area contributed by atoms with Crippen molar-refractivity contribution in [3.63, 3.8) is 0 Å². The molecule has 0 aliphatic rings. The van der Waals surface area contributed by atoms with Crippen molar-refractivity contribution in [1.82, 2.24) is 0 Å². The molecule has 6 nitrogen and oxygen atoms in total. The SMILES string of the molecule is O=[N+]([O-])C(c1ccccc1)[N+](=O)[O-].[H-].[Na+]. The molecule has 0 aliphatic heterocycles. The van der Waals surface area contributed by atoms with Gasteiger partial charge >= 0.3 is 35.7 Å². The maximum absolute atomic E-state index is 10.3. The second-order valence-electron chi connectivity index (χ2n) is 2.36. The molecule has 1 aromatic carbocycles. The number of rotatable bonds is 3. The Balaban J connectivity index is 0. The third-order valence-electron chi connectivity index (χ3n) is 1.50. The van der Waals surface area contributed by atoms with Crippen molar-refractivity contribution in [3.05, 3.63) is 56.1 Å². The molecule has 0 bridgehead atoms. The predicted molar refractivity (Wildman–Crippen MR) is 44.3 cm³/mol. The summed E-state index contributed by atoms with van der Waals surface area (Å²) in [5, 5.41) is 20.6. The van der Waals surface area contributed by atoms with E-state index >= 15 is 0 Å². The van der Waals surface area contributed by atoms with Gasteiger partial charge in [0.2, 0.25) is 0 Å². The second-order valence-corrected chi connectivity index (χ2v) is 2.36. The van der Waals surface area contributed by atoms with E-state index in [9.17, 15) is 20.2 Å². The van der Waals surface area contributed by atoms with E-state index in [1.54, 1.807) is 6.07 Å². The number of hydrogen-bond acceptors (Lipinski definition) is 4. The number of hydrogen-bond donors (Lipinski definition) is 0. The van der Waals surface area contributed by atoms with Gasteiger partial charge in [-0.05, 0) is 12.1 Å². The Labute approximate surface area is 103 Å². The zero-order valence-electron chi connectivity index (χ0n) is 8.49. The molecule has 0 aliphatic carbocycles. The molecular weight excluding hydrogens is 199 g/mol. The van der Waals surface area contributed by atoms with Gasteiger partial charge in [-0.3, -0.25) is 20.2 Å². The average molecular weight is 206 g/mol. The first-order chi connectivity index (χ1) is 6.13. The number of nitrogens with zero attached hydrogens (tertiary/aromatic N) is 2. The second kappa shape index (κ2) is 5.69. The zero-order chi connectivity index (χ0) is 9.84. The van der Waals surface area contributed by atoms with Gasteiger partial charge < -0.3 is 1.43 Å². The van der Waals surface area contributed by atoms with Crippen LogP contribution in [0, 0.1) is 20.2 Å². The number of nitro groups is 2. The van der Waals surface area contributed by atoms with E-state index in [0.717, 1.165) is 0 Å². The summed E-state index contributed by atoms with van der Waals surface area (Å²) in [5.41, 5.74) is 0.0810. The van der Waals surface area contributed by atoms with Crippen molar-refractivity contribution in [2.24, 2.45) is 0 Å². The monoisotopic (exact) mass is 206 g/mol. The van der Waals surface area contributed by atoms with Crippen molar-refractivity contribution in [2.45, 2.75) is 6.17 Å². The van der Waals surface area contributed by atoms with Gasteiger partial charge in [-0.1, -0.05) is 18.2 Å². The van der Waals surface area contributed by atoms with Crippen molar-refractivity contribution in [1.29, 1.82) is 0 Å². The van der Waals surface area contributed by atoms with E-state index in [1.807, 2.05) is 0 Å². The van der Waals surface area contributed by atoms with Crippen LogP contribution in [0.3, 0.4) is 0 Å². The van der Waals surface area contributed by atoms with E-state index in [-0.39, 0.29) is 36.5 Å². The Morgan fingerprint density at radius 1 is 1.07 bits per heavy atom. The van der Waals surface area contributed by atoms with Crippen molar-refractivity contribution in [3.8, 4) is 0 Å². The van der Waals surface area contributed by atoms with Crippen LogP contribution < -0.4 is 29.6 Å². The molecule has 0 radical (unpaired) electrons. The van der Waals surface area contributed by atoms with Crippen LogP contribution in [0.2, 0.25) is 0 Å². The molecular formula is C7H7N2NaO4. The molecule has 70 valence electrons. The molecule has 1 aromatic rings. The van der Waals surface area contributed by atoms with Crippen LogP contribution in [-0.2, 0) is 0 Å². The molecule has 0 saturated heterocycles. The fourth-order valence-corrected chi connectivity index (χ4v) is 0.946. The van der Waals surface area contributed by atoms with Crippen LogP contribution >= 0.6 is 0 Å². The minimum absolute atomic E-state index is 0. The summed E-state index contributed by atoms with van der Waals surface area (Å²) in [5.74, 6) is 0. The molecule has 0 amide bonds. The van der Waals surface area contributed by atoms with Gasteiger partial charge in [-0.25, -0.2) is 0 Å². The maximum Gasteiger partial charge on any atom is 1.00 e. The molecule has 0 saturated carbocycles. The van der Waals surface area contributed by atoms with Gasteiger partial charge in [0.25, 0.3) is 0 Å². The van der Waals surface area contributed by atoms with Crippen LogP contribution in [0.25, 0.3) is 0 Å². The summed E-state index contributed by atoms with van der Waals surface area (Å²) >= 11 is 0. The Morgan fingerprint density at radius 3 is 1.86 bits per heavy atom. The fraction of sp³-hybridized carbons (Fsp3) is 0.143. The van der Waals surface area contributed by atoms with Crippen molar-refractivity contribution >= 4 is 0 Å². The van der Waals surface area contributed by atoms with E-state index in [2.05, 4.69) is 0 Å². The van der Waals surface area contributed by atoms with Crippen molar-refractivity contribution < 1.29 is 40.8 Å². The summed E-state index contributed by atoms with van der Waals surface area (Å²) in [6, 6.07) is 7.40. The summed E-state index contributed by atoms with van der Waals surface area (Å²) in [6.45, 7) is 0. The molecule has 0 unspecified atom stereocenters. The Bertz CT molecular complexity index is 321. The van der Waals surface area contributed by atoms with E-state index in [0.29, 0.717) is 0 Å². The van der Waals surface area contributed by atoms with Crippen LogP contribution in [0.4, 0.5) is 0 Å². The first-order valence-corrected chi connectivity index (χ1v) is 3.45. The summed E-state index contributed by atoms with van der Waals surface area (Å²) in [7, 11) is 0. The summed E-state index contributed by atoms with van der Waals surface area (Å²) < 4.78 is 0. The smallest absolute Gasteiger partial charge is 1.00 e. The molecule has 0 heterocycles. The van der Waals surface area contributed by atoms with Crippen LogP contribution in [0.5, 0.6) is 0 Å². The Morgan fingerprint density at radius 2 is 1.50 bits per heavy atom. The zero-order valence-corrected chi connectivity index (χ0v) is 9.49. The van der Waals surface area contributed by atoms with Gasteiger partial charge in [0, 0.05) is 0 Å². The minimum Gasteiger partial charge on any atom is -1.00 e. The first kappa shape index (κ1) is 13.0. The van der Waals surface area contributed by atoms with Gasteiger partial charge in [-0.15, -0.1) is 0 Å². The van der Waals surface area contributed by atoms with Gasteiger partial charge in [-0.2, -0.15) is 0 Å².